The molecule has 0 aliphatic carbocycles. The molecule has 0 N–H and O–H groups in total. The Kier molecular flexibility index (Phi) is 2.23. The Hall–Kier alpha value is -1.77. The first-order valence-corrected chi connectivity index (χ1v) is 4.57. The molecule has 0 unspecified atom stereocenters. The van der Waals surface area contributed by atoms with Gasteiger partial charge in [0.15, 0.2) is 5.84 Å². The highest BCUT2D eigenvalue weighted by molar-refractivity contribution is 6.46. The second kappa shape index (κ2) is 3.54. The van der Waals surface area contributed by atoms with E-state index in [1.807, 2.05) is 37.3 Å². The second-order valence-corrected chi connectivity index (χ2v) is 3.02. The Morgan fingerprint density at radius 3 is 2.43 bits per heavy atom. The summed E-state index contributed by atoms with van der Waals surface area (Å²) in [6, 6.07) is 9.53. The number of hydrogen-bond acceptors (Lipinski definition) is 2. The number of rotatable bonds is 2. The van der Waals surface area contributed by atoms with Crippen LogP contribution in [0.5, 0.6) is 0 Å². The summed E-state index contributed by atoms with van der Waals surface area (Å²) < 4.78 is 0. The molecule has 0 saturated heterocycles. The number of hydrogen-bond donors (Lipinski definition) is 0. The standard InChI is InChI=1S/C11H10N2O/c1-2-9-11(14)13-10(12-9)8-6-4-3-5-7-8/h3-7H,2H2,1H3. The van der Waals surface area contributed by atoms with Crippen molar-refractivity contribution in [2.24, 2.45) is 9.98 Å². The molecule has 3 heteroatoms. The molecular formula is C11H10N2O. The topological polar surface area (TPSA) is 41.8 Å². The molecule has 14 heavy (non-hydrogen) atoms. The fraction of sp³-hybridized carbons (Fsp3) is 0.182. The normalized spacial score (nSPS) is 15.4. The maximum Gasteiger partial charge on any atom is 0.293 e. The van der Waals surface area contributed by atoms with Crippen molar-refractivity contribution < 1.29 is 4.79 Å². The van der Waals surface area contributed by atoms with E-state index in [0.29, 0.717) is 18.0 Å². The largest absolute Gasteiger partial charge is 0.293 e. The van der Waals surface area contributed by atoms with Crippen LogP contribution < -0.4 is 0 Å². The molecule has 0 saturated carbocycles. The minimum absolute atomic E-state index is 0.202. The van der Waals surface area contributed by atoms with E-state index < -0.39 is 0 Å². The Morgan fingerprint density at radius 1 is 1.14 bits per heavy atom. The molecule has 1 amide bonds. The lowest BCUT2D eigenvalue weighted by Crippen LogP contribution is -2.04. The van der Waals surface area contributed by atoms with Crippen LogP contribution in [0.15, 0.2) is 40.3 Å². The lowest BCUT2D eigenvalue weighted by molar-refractivity contribution is -0.111. The van der Waals surface area contributed by atoms with Crippen LogP contribution in [0.2, 0.25) is 0 Å². The van der Waals surface area contributed by atoms with Gasteiger partial charge < -0.3 is 0 Å². The molecule has 0 spiro atoms. The zero-order valence-electron chi connectivity index (χ0n) is 7.90. The van der Waals surface area contributed by atoms with Crippen molar-refractivity contribution >= 4 is 17.5 Å². The zero-order valence-corrected chi connectivity index (χ0v) is 7.90. The Balaban J connectivity index is 2.36. The average Bonchev–Trinajstić information content (AvgIpc) is 2.61. The van der Waals surface area contributed by atoms with Gasteiger partial charge in [-0.2, -0.15) is 4.99 Å². The highest BCUT2D eigenvalue weighted by atomic mass is 16.1. The summed E-state index contributed by atoms with van der Waals surface area (Å²) in [5.74, 6) is 0.332. The van der Waals surface area contributed by atoms with E-state index >= 15 is 0 Å². The zero-order chi connectivity index (χ0) is 9.97. The number of nitrogens with zero attached hydrogens (tertiary/aromatic N) is 2. The Bertz CT molecular complexity index is 418. The molecular weight excluding hydrogens is 176 g/mol. The second-order valence-electron chi connectivity index (χ2n) is 3.02. The van der Waals surface area contributed by atoms with Gasteiger partial charge in [0.2, 0.25) is 0 Å². The molecule has 0 bridgehead atoms. The van der Waals surface area contributed by atoms with Gasteiger partial charge in [0.05, 0.1) is 0 Å². The van der Waals surface area contributed by atoms with Gasteiger partial charge in [0, 0.05) is 5.56 Å². The van der Waals surface area contributed by atoms with E-state index in [1.165, 1.54) is 0 Å². The third-order valence-corrected chi connectivity index (χ3v) is 2.06. The smallest absolute Gasteiger partial charge is 0.265 e. The lowest BCUT2D eigenvalue weighted by Gasteiger charge is -1.94. The molecule has 1 heterocycles. The van der Waals surface area contributed by atoms with Gasteiger partial charge in [-0.1, -0.05) is 37.3 Å². The monoisotopic (exact) mass is 186 g/mol. The van der Waals surface area contributed by atoms with E-state index in [1.54, 1.807) is 0 Å². The first-order chi connectivity index (χ1) is 6.81. The van der Waals surface area contributed by atoms with Gasteiger partial charge in [-0.25, -0.2) is 4.99 Å². The van der Waals surface area contributed by atoms with E-state index in [0.717, 1.165) is 5.56 Å². The quantitative estimate of drug-likeness (QED) is 0.694. The van der Waals surface area contributed by atoms with Gasteiger partial charge in [0.1, 0.15) is 5.71 Å². The van der Waals surface area contributed by atoms with Gasteiger partial charge in [-0.05, 0) is 6.42 Å². The highest BCUT2D eigenvalue weighted by Crippen LogP contribution is 2.09. The van der Waals surface area contributed by atoms with Crippen LogP contribution in [0.25, 0.3) is 0 Å². The molecule has 3 nitrogen and oxygen atoms in total. The summed E-state index contributed by atoms with van der Waals surface area (Å²) in [4.78, 5) is 19.3. The van der Waals surface area contributed by atoms with Crippen LogP contribution in [0.1, 0.15) is 18.9 Å². The molecule has 0 fully saturated rings. The fourth-order valence-electron chi connectivity index (χ4n) is 1.31. The molecule has 1 aliphatic heterocycles. The van der Waals surface area contributed by atoms with Crippen molar-refractivity contribution in [1.82, 2.24) is 0 Å². The maximum absolute atomic E-state index is 11.3. The fourth-order valence-corrected chi connectivity index (χ4v) is 1.31. The summed E-state index contributed by atoms with van der Waals surface area (Å²) in [7, 11) is 0. The molecule has 0 aromatic heterocycles. The minimum atomic E-state index is -0.202. The van der Waals surface area contributed by atoms with Gasteiger partial charge in [-0.3, -0.25) is 4.79 Å². The molecule has 70 valence electrons. The predicted molar refractivity (Wildman–Crippen MR) is 55.7 cm³/mol. The number of aliphatic imine (C=N–C) groups is 2. The Morgan fingerprint density at radius 2 is 1.86 bits per heavy atom. The third-order valence-electron chi connectivity index (χ3n) is 2.06. The molecule has 0 radical (unpaired) electrons. The summed E-state index contributed by atoms with van der Waals surface area (Å²) in [6.45, 7) is 1.90. The van der Waals surface area contributed by atoms with Crippen LogP contribution in [-0.4, -0.2) is 17.5 Å². The van der Waals surface area contributed by atoms with Crippen molar-refractivity contribution in [2.75, 3.05) is 0 Å². The molecule has 0 atom stereocenters. The van der Waals surface area contributed by atoms with E-state index in [-0.39, 0.29) is 5.91 Å². The van der Waals surface area contributed by atoms with Gasteiger partial charge >= 0.3 is 0 Å². The average molecular weight is 186 g/mol. The summed E-state index contributed by atoms with van der Waals surface area (Å²) in [5, 5.41) is 0. The molecule has 1 aliphatic rings. The molecule has 1 aromatic rings. The maximum atomic E-state index is 11.3. The number of carbonyl (C=O) groups is 1. The van der Waals surface area contributed by atoms with E-state index in [4.69, 9.17) is 0 Å². The van der Waals surface area contributed by atoms with Gasteiger partial charge in [-0.15, -0.1) is 0 Å². The van der Waals surface area contributed by atoms with Crippen molar-refractivity contribution in [1.29, 1.82) is 0 Å². The first kappa shape index (κ1) is 8.81. The molecule has 1 aromatic carbocycles. The third kappa shape index (κ3) is 1.48. The lowest BCUT2D eigenvalue weighted by atomic mass is 10.2. The van der Waals surface area contributed by atoms with Crippen LogP contribution in [0, 0.1) is 0 Å². The van der Waals surface area contributed by atoms with Crippen LogP contribution >= 0.6 is 0 Å². The summed E-state index contributed by atoms with van der Waals surface area (Å²) in [6.07, 6.45) is 0.638. The first-order valence-electron chi connectivity index (χ1n) is 4.57. The minimum Gasteiger partial charge on any atom is -0.265 e. The van der Waals surface area contributed by atoms with Crippen LogP contribution in [0.4, 0.5) is 0 Å². The summed E-state index contributed by atoms with van der Waals surface area (Å²) >= 11 is 0. The number of amidine groups is 1. The Labute approximate surface area is 82.2 Å². The van der Waals surface area contributed by atoms with Gasteiger partial charge in [0.25, 0.3) is 5.91 Å². The summed E-state index contributed by atoms with van der Waals surface area (Å²) in [5.41, 5.74) is 1.44. The SMILES string of the molecule is CCC1=NC(c2ccccc2)=NC1=O. The van der Waals surface area contributed by atoms with Crippen molar-refractivity contribution in [3.05, 3.63) is 35.9 Å². The molecule has 2 rings (SSSR count). The van der Waals surface area contributed by atoms with Crippen LogP contribution in [-0.2, 0) is 4.79 Å². The number of benzene rings is 1. The van der Waals surface area contributed by atoms with Crippen molar-refractivity contribution in [3.8, 4) is 0 Å². The highest BCUT2D eigenvalue weighted by Gasteiger charge is 2.18. The van der Waals surface area contributed by atoms with Crippen LogP contribution in [0.3, 0.4) is 0 Å². The van der Waals surface area contributed by atoms with Crippen molar-refractivity contribution in [3.63, 3.8) is 0 Å². The van der Waals surface area contributed by atoms with E-state index in [9.17, 15) is 4.79 Å². The number of carbonyl (C=O) groups excluding carboxylic acids is 1. The van der Waals surface area contributed by atoms with E-state index in [2.05, 4.69) is 9.98 Å². The van der Waals surface area contributed by atoms with Crippen molar-refractivity contribution in [2.45, 2.75) is 13.3 Å². The predicted octanol–water partition coefficient (Wildman–Crippen LogP) is 1.82. The number of amides is 1.